The van der Waals surface area contributed by atoms with Crippen molar-refractivity contribution in [3.8, 4) is 0 Å². The number of carbonyl (C=O) groups excluding carboxylic acids is 1. The van der Waals surface area contributed by atoms with E-state index in [1.807, 2.05) is 42.5 Å². The van der Waals surface area contributed by atoms with E-state index in [0.29, 0.717) is 21.6 Å². The molecule has 1 aromatic heterocycles. The Morgan fingerprint density at radius 2 is 1.88 bits per heavy atom. The van der Waals surface area contributed by atoms with Crippen LogP contribution in [0.1, 0.15) is 10.4 Å². The van der Waals surface area contributed by atoms with Gasteiger partial charge >= 0.3 is 0 Å². The van der Waals surface area contributed by atoms with Gasteiger partial charge in [-0.05, 0) is 23.8 Å². The predicted molar refractivity (Wildman–Crippen MR) is 105 cm³/mol. The van der Waals surface area contributed by atoms with Crippen LogP contribution < -0.4 is 10.6 Å². The third-order valence-corrected chi connectivity index (χ3v) is 5.19. The lowest BCUT2D eigenvalue weighted by Crippen LogP contribution is -2.21. The van der Waals surface area contributed by atoms with Crippen LogP contribution in [0.25, 0.3) is 0 Å². The number of rotatable bonds is 6. The molecular formula is C18H15Cl2N3OS. The first-order valence-corrected chi connectivity index (χ1v) is 9.15. The lowest BCUT2D eigenvalue weighted by atomic mass is 10.1. The van der Waals surface area contributed by atoms with Crippen molar-refractivity contribution >= 4 is 51.3 Å². The molecule has 1 heterocycles. The van der Waals surface area contributed by atoms with Crippen molar-refractivity contribution in [1.82, 2.24) is 4.98 Å². The lowest BCUT2D eigenvalue weighted by molar-refractivity contribution is -0.114. The molecule has 2 aromatic carbocycles. The highest BCUT2D eigenvalue weighted by Crippen LogP contribution is 2.29. The van der Waals surface area contributed by atoms with Gasteiger partial charge in [-0.2, -0.15) is 0 Å². The summed E-state index contributed by atoms with van der Waals surface area (Å²) in [5.41, 5.74) is 1.83. The average molecular weight is 392 g/mol. The topological polar surface area (TPSA) is 54.0 Å². The summed E-state index contributed by atoms with van der Waals surface area (Å²) in [6.07, 6.45) is 2.36. The van der Waals surface area contributed by atoms with Crippen molar-refractivity contribution in [1.29, 1.82) is 0 Å². The molecule has 3 aromatic rings. The van der Waals surface area contributed by atoms with Crippen LogP contribution in [0.5, 0.6) is 0 Å². The molecule has 0 fully saturated rings. The second kappa shape index (κ2) is 8.34. The van der Waals surface area contributed by atoms with Crippen LogP contribution in [-0.2, 0) is 11.2 Å². The fraction of sp³-hybridized carbons (Fsp3) is 0.111. The lowest BCUT2D eigenvalue weighted by Gasteiger charge is -2.05. The Balaban J connectivity index is 1.56. The van der Waals surface area contributed by atoms with Gasteiger partial charge in [0.05, 0.1) is 16.6 Å². The Labute approximate surface area is 159 Å². The average Bonchev–Trinajstić information content (AvgIpc) is 3.05. The maximum absolute atomic E-state index is 12.0. The molecule has 0 unspecified atom stereocenters. The van der Waals surface area contributed by atoms with Crippen LogP contribution >= 0.6 is 34.5 Å². The van der Waals surface area contributed by atoms with E-state index in [-0.39, 0.29) is 12.5 Å². The molecule has 0 radical (unpaired) electrons. The number of amides is 1. The number of thiazole rings is 1. The summed E-state index contributed by atoms with van der Waals surface area (Å²) in [5.74, 6) is -0.148. The normalized spacial score (nSPS) is 10.5. The number of halogens is 2. The zero-order valence-electron chi connectivity index (χ0n) is 13.1. The Kier molecular flexibility index (Phi) is 5.91. The van der Waals surface area contributed by atoms with Crippen molar-refractivity contribution < 1.29 is 4.79 Å². The molecule has 25 heavy (non-hydrogen) atoms. The zero-order chi connectivity index (χ0) is 17.6. The van der Waals surface area contributed by atoms with Crippen molar-refractivity contribution in [3.63, 3.8) is 0 Å². The summed E-state index contributed by atoms with van der Waals surface area (Å²) >= 11 is 13.7. The minimum Gasteiger partial charge on any atom is -0.376 e. The molecule has 128 valence electrons. The van der Waals surface area contributed by atoms with E-state index in [4.69, 9.17) is 23.2 Å². The predicted octanol–water partition coefficient (Wildman–Crippen LogP) is 5.09. The number of anilines is 2. The quantitative estimate of drug-likeness (QED) is 0.614. The molecule has 0 atom stereocenters. The van der Waals surface area contributed by atoms with E-state index >= 15 is 0 Å². The molecule has 1 amide bonds. The molecule has 0 bridgehead atoms. The third-order valence-electron chi connectivity index (χ3n) is 3.42. The molecule has 3 rings (SSSR count). The Morgan fingerprint density at radius 1 is 1.08 bits per heavy atom. The van der Waals surface area contributed by atoms with Gasteiger partial charge in [0.2, 0.25) is 5.91 Å². The van der Waals surface area contributed by atoms with E-state index in [1.165, 1.54) is 11.3 Å². The molecule has 0 aliphatic heterocycles. The van der Waals surface area contributed by atoms with Gasteiger partial charge < -0.3 is 10.6 Å². The fourth-order valence-corrected chi connectivity index (χ4v) is 3.46. The first-order valence-electron chi connectivity index (χ1n) is 7.58. The minimum atomic E-state index is -0.148. The van der Waals surface area contributed by atoms with E-state index < -0.39 is 0 Å². The van der Waals surface area contributed by atoms with Crippen LogP contribution in [0.15, 0.2) is 54.7 Å². The van der Waals surface area contributed by atoms with E-state index in [1.54, 1.807) is 12.3 Å². The van der Waals surface area contributed by atoms with Crippen LogP contribution in [0, 0.1) is 0 Å². The molecular weight excluding hydrogens is 377 g/mol. The maximum Gasteiger partial charge on any atom is 0.245 e. The summed E-state index contributed by atoms with van der Waals surface area (Å²) in [6, 6.07) is 15.1. The Bertz CT molecular complexity index is 868. The molecule has 2 N–H and O–H groups in total. The highest BCUT2D eigenvalue weighted by molar-refractivity contribution is 7.15. The second-order valence-corrected chi connectivity index (χ2v) is 7.19. The number of para-hydroxylation sites is 1. The highest BCUT2D eigenvalue weighted by atomic mass is 35.5. The van der Waals surface area contributed by atoms with Gasteiger partial charge in [0.15, 0.2) is 5.13 Å². The summed E-state index contributed by atoms with van der Waals surface area (Å²) in [7, 11) is 0. The van der Waals surface area contributed by atoms with Crippen molar-refractivity contribution in [2.45, 2.75) is 6.42 Å². The minimum absolute atomic E-state index is 0.148. The maximum atomic E-state index is 12.0. The Hall–Kier alpha value is -2.08. The van der Waals surface area contributed by atoms with Gasteiger partial charge in [0.1, 0.15) is 0 Å². The van der Waals surface area contributed by atoms with Crippen molar-refractivity contribution in [2.75, 3.05) is 17.2 Å². The number of benzene rings is 2. The van der Waals surface area contributed by atoms with Crippen LogP contribution in [0.3, 0.4) is 0 Å². The summed E-state index contributed by atoms with van der Waals surface area (Å²) in [6.45, 7) is 0.180. The first kappa shape index (κ1) is 17.7. The third kappa shape index (κ3) is 4.95. The summed E-state index contributed by atoms with van der Waals surface area (Å²) < 4.78 is 0. The standard InChI is InChI=1S/C18H15Cl2N3OS/c19-15-8-4-5-12(17(15)20)9-14-10-22-18(25-14)23-16(24)11-21-13-6-2-1-3-7-13/h1-8,10,21H,9,11H2,(H,22,23,24). The number of hydrogen-bond donors (Lipinski definition) is 2. The Morgan fingerprint density at radius 3 is 2.68 bits per heavy atom. The highest BCUT2D eigenvalue weighted by Gasteiger charge is 2.10. The second-order valence-electron chi connectivity index (χ2n) is 5.29. The van der Waals surface area contributed by atoms with E-state index in [9.17, 15) is 4.79 Å². The number of hydrogen-bond acceptors (Lipinski definition) is 4. The fourth-order valence-electron chi connectivity index (χ4n) is 2.22. The van der Waals surface area contributed by atoms with Crippen LogP contribution in [0.4, 0.5) is 10.8 Å². The van der Waals surface area contributed by atoms with Crippen molar-refractivity contribution in [3.05, 3.63) is 75.2 Å². The van der Waals surface area contributed by atoms with Gasteiger partial charge in [0.25, 0.3) is 0 Å². The van der Waals surface area contributed by atoms with Crippen molar-refractivity contribution in [2.24, 2.45) is 0 Å². The molecule has 7 heteroatoms. The molecule has 4 nitrogen and oxygen atoms in total. The monoisotopic (exact) mass is 391 g/mol. The first-order chi connectivity index (χ1) is 12.1. The summed E-state index contributed by atoms with van der Waals surface area (Å²) in [5, 5.41) is 7.49. The molecule has 0 saturated heterocycles. The summed E-state index contributed by atoms with van der Waals surface area (Å²) in [4.78, 5) is 17.2. The SMILES string of the molecule is O=C(CNc1ccccc1)Nc1ncc(Cc2cccc(Cl)c2Cl)s1. The number of nitrogens with zero attached hydrogens (tertiary/aromatic N) is 1. The largest absolute Gasteiger partial charge is 0.376 e. The number of carbonyl (C=O) groups is 1. The van der Waals surface area contributed by atoms with Gasteiger partial charge in [-0.1, -0.05) is 53.5 Å². The molecule has 0 aliphatic rings. The van der Waals surface area contributed by atoms with Gasteiger partial charge in [-0.15, -0.1) is 11.3 Å². The zero-order valence-corrected chi connectivity index (χ0v) is 15.5. The van der Waals surface area contributed by atoms with Gasteiger partial charge in [0, 0.05) is 23.2 Å². The van der Waals surface area contributed by atoms with Crippen LogP contribution in [0.2, 0.25) is 10.0 Å². The van der Waals surface area contributed by atoms with Crippen LogP contribution in [-0.4, -0.2) is 17.4 Å². The van der Waals surface area contributed by atoms with E-state index in [2.05, 4.69) is 15.6 Å². The van der Waals surface area contributed by atoms with Gasteiger partial charge in [-0.3, -0.25) is 4.79 Å². The molecule has 0 saturated carbocycles. The molecule has 0 spiro atoms. The molecule has 0 aliphatic carbocycles. The smallest absolute Gasteiger partial charge is 0.245 e. The van der Waals surface area contributed by atoms with Gasteiger partial charge in [-0.25, -0.2) is 4.98 Å². The number of aromatic nitrogens is 1. The number of nitrogens with one attached hydrogen (secondary N) is 2. The van der Waals surface area contributed by atoms with E-state index in [0.717, 1.165) is 16.1 Å².